The van der Waals surface area contributed by atoms with Crippen LogP contribution in [0.4, 0.5) is 0 Å². The highest BCUT2D eigenvalue weighted by atomic mass is 35.5. The highest BCUT2D eigenvalue weighted by molar-refractivity contribution is 6.34. The molecule has 110 valence electrons. The van der Waals surface area contributed by atoms with Crippen molar-refractivity contribution in [3.8, 4) is 5.75 Å². The number of carbonyl (C=O) groups excluding carboxylic acids is 1. The molecule has 2 nitrogen and oxygen atoms in total. The van der Waals surface area contributed by atoms with E-state index in [0.717, 1.165) is 0 Å². The molecule has 2 aromatic rings. The zero-order chi connectivity index (χ0) is 15.5. The van der Waals surface area contributed by atoms with Crippen LogP contribution in [0.3, 0.4) is 0 Å². The summed E-state index contributed by atoms with van der Waals surface area (Å²) in [4.78, 5) is 12.1. The summed E-state index contributed by atoms with van der Waals surface area (Å²) < 4.78 is 5.60. The van der Waals surface area contributed by atoms with Crippen molar-refractivity contribution in [2.24, 2.45) is 0 Å². The number of ketones is 1. The molecular weight excluding hydrogens is 284 g/mol. The van der Waals surface area contributed by atoms with Crippen molar-refractivity contribution < 1.29 is 9.53 Å². The van der Waals surface area contributed by atoms with Crippen LogP contribution >= 0.6 is 11.6 Å². The Morgan fingerprint density at radius 2 is 1.81 bits per heavy atom. The molecule has 2 aromatic carbocycles. The van der Waals surface area contributed by atoms with Crippen LogP contribution < -0.4 is 4.74 Å². The van der Waals surface area contributed by atoms with Gasteiger partial charge in [0.2, 0.25) is 5.78 Å². The molecule has 0 N–H and O–H groups in total. The van der Waals surface area contributed by atoms with E-state index in [4.69, 9.17) is 16.3 Å². The van der Waals surface area contributed by atoms with Gasteiger partial charge in [-0.3, -0.25) is 4.79 Å². The monoisotopic (exact) mass is 302 g/mol. The average Bonchev–Trinajstić information content (AvgIpc) is 2.45. The number of hydrogen-bond donors (Lipinski definition) is 0. The second kappa shape index (κ2) is 6.31. The van der Waals surface area contributed by atoms with Crippen molar-refractivity contribution in [3.05, 3.63) is 64.7 Å². The molecule has 3 heteroatoms. The SMILES string of the molecule is CC(C)(C)c1cccc(OCC(=O)c2ccccc2Cl)c1. The molecule has 2 rings (SSSR count). The van der Waals surface area contributed by atoms with Crippen molar-refractivity contribution >= 4 is 17.4 Å². The summed E-state index contributed by atoms with van der Waals surface area (Å²) >= 11 is 6.01. The number of ether oxygens (including phenoxy) is 1. The Morgan fingerprint density at radius 1 is 1.10 bits per heavy atom. The van der Waals surface area contributed by atoms with Crippen LogP contribution in [0.1, 0.15) is 36.7 Å². The standard InChI is InChI=1S/C18H19ClO2/c1-18(2,3)13-7-6-8-14(11-13)21-12-17(20)15-9-4-5-10-16(15)19/h4-11H,12H2,1-3H3. The molecule has 0 spiro atoms. The molecule has 0 radical (unpaired) electrons. The Bertz CT molecular complexity index is 642. The number of carbonyl (C=O) groups is 1. The zero-order valence-corrected chi connectivity index (χ0v) is 13.3. The van der Waals surface area contributed by atoms with Gasteiger partial charge in [-0.2, -0.15) is 0 Å². The first kappa shape index (κ1) is 15.6. The quantitative estimate of drug-likeness (QED) is 0.751. The number of Topliss-reactive ketones (excluding diaryl/α,β-unsaturated/α-hetero) is 1. The normalized spacial score (nSPS) is 11.2. The number of benzene rings is 2. The van der Waals surface area contributed by atoms with Gasteiger partial charge in [-0.25, -0.2) is 0 Å². The maximum Gasteiger partial charge on any atom is 0.201 e. The summed E-state index contributed by atoms with van der Waals surface area (Å²) in [6.07, 6.45) is 0. The summed E-state index contributed by atoms with van der Waals surface area (Å²) in [5, 5.41) is 0.453. The lowest BCUT2D eigenvalue weighted by molar-refractivity contribution is 0.0921. The second-order valence-electron chi connectivity index (χ2n) is 5.97. The maximum atomic E-state index is 12.1. The summed E-state index contributed by atoms with van der Waals surface area (Å²) in [5.74, 6) is 0.574. The van der Waals surface area contributed by atoms with Gasteiger partial charge in [0.25, 0.3) is 0 Å². The summed E-state index contributed by atoms with van der Waals surface area (Å²) in [5.41, 5.74) is 1.71. The summed E-state index contributed by atoms with van der Waals surface area (Å²) in [6.45, 7) is 6.40. The molecule has 0 bridgehead atoms. The number of hydrogen-bond acceptors (Lipinski definition) is 2. The topological polar surface area (TPSA) is 26.3 Å². The Kier molecular flexibility index (Phi) is 4.69. The van der Waals surface area contributed by atoms with Gasteiger partial charge in [0, 0.05) is 5.56 Å². The Labute approximate surface area is 130 Å². The van der Waals surface area contributed by atoms with Crippen LogP contribution in [0, 0.1) is 0 Å². The molecule has 21 heavy (non-hydrogen) atoms. The smallest absolute Gasteiger partial charge is 0.201 e. The van der Waals surface area contributed by atoms with Gasteiger partial charge in [0.15, 0.2) is 6.61 Å². The van der Waals surface area contributed by atoms with E-state index in [1.54, 1.807) is 24.3 Å². The first-order valence-electron chi connectivity index (χ1n) is 6.89. The molecule has 0 fully saturated rings. The van der Waals surface area contributed by atoms with Gasteiger partial charge in [0.05, 0.1) is 5.02 Å². The lowest BCUT2D eigenvalue weighted by Gasteiger charge is -2.19. The van der Waals surface area contributed by atoms with Gasteiger partial charge in [-0.1, -0.05) is 56.6 Å². The number of rotatable bonds is 4. The molecule has 0 aromatic heterocycles. The predicted octanol–water partition coefficient (Wildman–Crippen LogP) is 4.90. The number of halogens is 1. The van der Waals surface area contributed by atoms with E-state index in [1.165, 1.54) is 5.56 Å². The minimum atomic E-state index is -0.123. The van der Waals surface area contributed by atoms with Gasteiger partial charge < -0.3 is 4.74 Å². The van der Waals surface area contributed by atoms with E-state index in [0.29, 0.717) is 16.3 Å². The fourth-order valence-corrected chi connectivity index (χ4v) is 2.21. The van der Waals surface area contributed by atoms with Crippen LogP contribution in [-0.2, 0) is 5.41 Å². The first-order valence-corrected chi connectivity index (χ1v) is 7.27. The zero-order valence-electron chi connectivity index (χ0n) is 12.5. The van der Waals surface area contributed by atoms with Crippen LogP contribution in [0.2, 0.25) is 5.02 Å². The molecule has 0 amide bonds. The molecule has 0 saturated carbocycles. The van der Waals surface area contributed by atoms with Crippen molar-refractivity contribution in [2.45, 2.75) is 26.2 Å². The van der Waals surface area contributed by atoms with E-state index >= 15 is 0 Å². The van der Waals surface area contributed by atoms with Crippen molar-refractivity contribution in [1.82, 2.24) is 0 Å². The molecular formula is C18H19ClO2. The van der Waals surface area contributed by atoms with Crippen LogP contribution in [0.25, 0.3) is 0 Å². The Morgan fingerprint density at radius 3 is 2.48 bits per heavy atom. The third-order valence-electron chi connectivity index (χ3n) is 3.24. The molecule has 0 saturated heterocycles. The van der Waals surface area contributed by atoms with Gasteiger partial charge >= 0.3 is 0 Å². The molecule has 0 atom stereocenters. The molecule has 0 aliphatic rings. The lowest BCUT2D eigenvalue weighted by Crippen LogP contribution is -2.14. The average molecular weight is 303 g/mol. The predicted molar refractivity (Wildman–Crippen MR) is 86.4 cm³/mol. The largest absolute Gasteiger partial charge is 0.485 e. The van der Waals surface area contributed by atoms with Crippen LogP contribution in [-0.4, -0.2) is 12.4 Å². The van der Waals surface area contributed by atoms with E-state index < -0.39 is 0 Å². The van der Waals surface area contributed by atoms with Gasteiger partial charge in [-0.15, -0.1) is 0 Å². The van der Waals surface area contributed by atoms with Gasteiger partial charge in [-0.05, 0) is 35.2 Å². The highest BCUT2D eigenvalue weighted by Gasteiger charge is 2.15. The fourth-order valence-electron chi connectivity index (χ4n) is 1.97. The molecule has 0 aliphatic heterocycles. The van der Waals surface area contributed by atoms with Crippen molar-refractivity contribution in [2.75, 3.05) is 6.61 Å². The second-order valence-corrected chi connectivity index (χ2v) is 6.38. The molecule has 0 unspecified atom stereocenters. The summed E-state index contributed by atoms with van der Waals surface area (Å²) in [6, 6.07) is 14.8. The minimum absolute atomic E-state index is 0.0165. The molecule has 0 heterocycles. The highest BCUT2D eigenvalue weighted by Crippen LogP contribution is 2.25. The van der Waals surface area contributed by atoms with Crippen molar-refractivity contribution in [1.29, 1.82) is 0 Å². The third-order valence-corrected chi connectivity index (χ3v) is 3.57. The van der Waals surface area contributed by atoms with E-state index in [2.05, 4.69) is 26.8 Å². The van der Waals surface area contributed by atoms with Crippen molar-refractivity contribution in [3.63, 3.8) is 0 Å². The summed E-state index contributed by atoms with van der Waals surface area (Å²) in [7, 11) is 0. The van der Waals surface area contributed by atoms with E-state index in [9.17, 15) is 4.79 Å². The van der Waals surface area contributed by atoms with Crippen LogP contribution in [0.15, 0.2) is 48.5 Å². The van der Waals surface area contributed by atoms with E-state index in [-0.39, 0.29) is 17.8 Å². The Balaban J connectivity index is 2.07. The fraction of sp³-hybridized carbons (Fsp3) is 0.278. The van der Waals surface area contributed by atoms with Crippen LogP contribution in [0.5, 0.6) is 5.75 Å². The third kappa shape index (κ3) is 4.08. The molecule has 0 aliphatic carbocycles. The lowest BCUT2D eigenvalue weighted by atomic mass is 9.87. The first-order chi connectivity index (χ1) is 9.88. The Hall–Kier alpha value is -1.80. The maximum absolute atomic E-state index is 12.1. The minimum Gasteiger partial charge on any atom is -0.485 e. The van der Waals surface area contributed by atoms with E-state index in [1.807, 2.05) is 18.2 Å². The van der Waals surface area contributed by atoms with Gasteiger partial charge in [0.1, 0.15) is 5.75 Å².